The Morgan fingerprint density at radius 1 is 1.50 bits per heavy atom. The Balaban J connectivity index is 1.64. The van der Waals surface area contributed by atoms with Crippen molar-refractivity contribution in [2.45, 2.75) is 32.4 Å². The fourth-order valence-corrected chi connectivity index (χ4v) is 3.47. The zero-order valence-corrected chi connectivity index (χ0v) is 12.4. The molecule has 0 spiro atoms. The van der Waals surface area contributed by atoms with Crippen molar-refractivity contribution in [3.8, 4) is 0 Å². The van der Waals surface area contributed by atoms with Crippen LogP contribution in [0.25, 0.3) is 0 Å². The van der Waals surface area contributed by atoms with Crippen LogP contribution in [0.4, 0.5) is 0 Å². The molecule has 1 aromatic rings. The number of nitrogens with zero attached hydrogens (tertiary/aromatic N) is 3. The lowest BCUT2D eigenvalue weighted by Crippen LogP contribution is -2.26. The Bertz CT molecular complexity index is 427. The molecule has 3 heterocycles. The number of aromatic nitrogens is 2. The van der Waals surface area contributed by atoms with E-state index in [9.17, 15) is 0 Å². The SMILES string of the molecule is CCN1CCC(Cn2cncc2C(N)C2CCOC2)C1. The van der Waals surface area contributed by atoms with Gasteiger partial charge in [-0.05, 0) is 31.8 Å². The van der Waals surface area contributed by atoms with Crippen LogP contribution in [0.1, 0.15) is 31.5 Å². The molecule has 5 heteroatoms. The van der Waals surface area contributed by atoms with E-state index in [0.29, 0.717) is 5.92 Å². The maximum Gasteiger partial charge on any atom is 0.0948 e. The van der Waals surface area contributed by atoms with Gasteiger partial charge in [0.15, 0.2) is 0 Å². The third-order valence-corrected chi connectivity index (χ3v) is 4.83. The highest BCUT2D eigenvalue weighted by atomic mass is 16.5. The van der Waals surface area contributed by atoms with Crippen LogP contribution < -0.4 is 5.73 Å². The van der Waals surface area contributed by atoms with Crippen LogP contribution in [0.2, 0.25) is 0 Å². The molecule has 0 saturated carbocycles. The van der Waals surface area contributed by atoms with Gasteiger partial charge in [-0.3, -0.25) is 0 Å². The van der Waals surface area contributed by atoms with E-state index in [1.54, 1.807) is 0 Å². The monoisotopic (exact) mass is 278 g/mol. The second-order valence-corrected chi connectivity index (χ2v) is 6.17. The topological polar surface area (TPSA) is 56.3 Å². The first kappa shape index (κ1) is 14.0. The van der Waals surface area contributed by atoms with Crippen LogP contribution in [0.15, 0.2) is 12.5 Å². The molecule has 2 aliphatic rings. The van der Waals surface area contributed by atoms with Crippen LogP contribution >= 0.6 is 0 Å². The largest absolute Gasteiger partial charge is 0.381 e. The molecule has 2 aliphatic heterocycles. The second-order valence-electron chi connectivity index (χ2n) is 6.17. The standard InChI is InChI=1S/C15H26N4O/c1-2-18-5-3-12(8-18)9-19-11-17-7-14(19)15(16)13-4-6-20-10-13/h7,11-13,15H,2-6,8-10,16H2,1H3. The van der Waals surface area contributed by atoms with Gasteiger partial charge in [0.05, 0.1) is 24.7 Å². The van der Waals surface area contributed by atoms with Gasteiger partial charge in [-0.15, -0.1) is 0 Å². The third-order valence-electron chi connectivity index (χ3n) is 4.83. The van der Waals surface area contributed by atoms with Crippen LogP contribution in [0.3, 0.4) is 0 Å². The highest BCUT2D eigenvalue weighted by Gasteiger charge is 2.28. The van der Waals surface area contributed by atoms with E-state index in [1.165, 1.54) is 25.2 Å². The molecular formula is C15H26N4O. The van der Waals surface area contributed by atoms with E-state index in [-0.39, 0.29) is 6.04 Å². The van der Waals surface area contributed by atoms with Crippen molar-refractivity contribution >= 4 is 0 Å². The first-order valence-corrected chi connectivity index (χ1v) is 7.83. The summed E-state index contributed by atoms with van der Waals surface area (Å²) in [6, 6.07) is 0.0590. The van der Waals surface area contributed by atoms with Crippen molar-refractivity contribution in [3.05, 3.63) is 18.2 Å². The van der Waals surface area contributed by atoms with E-state index in [2.05, 4.69) is 21.4 Å². The van der Waals surface area contributed by atoms with Gasteiger partial charge in [0.1, 0.15) is 0 Å². The number of imidazole rings is 1. The Morgan fingerprint density at radius 2 is 2.40 bits per heavy atom. The summed E-state index contributed by atoms with van der Waals surface area (Å²) in [6.45, 7) is 8.52. The maximum atomic E-state index is 6.42. The summed E-state index contributed by atoms with van der Waals surface area (Å²) >= 11 is 0. The van der Waals surface area contributed by atoms with E-state index >= 15 is 0 Å². The fourth-order valence-electron chi connectivity index (χ4n) is 3.47. The van der Waals surface area contributed by atoms with Gasteiger partial charge in [-0.2, -0.15) is 0 Å². The summed E-state index contributed by atoms with van der Waals surface area (Å²) in [5, 5.41) is 0. The molecule has 5 nitrogen and oxygen atoms in total. The Labute approximate surface area is 121 Å². The molecule has 20 heavy (non-hydrogen) atoms. The molecule has 0 bridgehead atoms. The minimum Gasteiger partial charge on any atom is -0.381 e. The summed E-state index contributed by atoms with van der Waals surface area (Å²) in [5.41, 5.74) is 7.60. The Hall–Kier alpha value is -0.910. The highest BCUT2D eigenvalue weighted by molar-refractivity contribution is 5.07. The Kier molecular flexibility index (Phi) is 4.38. The fraction of sp³-hybridized carbons (Fsp3) is 0.800. The summed E-state index contributed by atoms with van der Waals surface area (Å²) in [5.74, 6) is 1.18. The quantitative estimate of drug-likeness (QED) is 0.881. The second kappa shape index (κ2) is 6.24. The highest BCUT2D eigenvalue weighted by Crippen LogP contribution is 2.27. The predicted octanol–water partition coefficient (Wildman–Crippen LogP) is 1.26. The van der Waals surface area contributed by atoms with Gasteiger partial charge < -0.3 is 19.9 Å². The molecule has 3 atom stereocenters. The van der Waals surface area contributed by atoms with Gasteiger partial charge in [-0.25, -0.2) is 4.98 Å². The summed E-state index contributed by atoms with van der Waals surface area (Å²) < 4.78 is 7.73. The minimum atomic E-state index is 0.0590. The number of likely N-dealkylation sites (tertiary alicyclic amines) is 1. The summed E-state index contributed by atoms with van der Waals surface area (Å²) in [6.07, 6.45) is 6.24. The molecule has 3 rings (SSSR count). The van der Waals surface area contributed by atoms with Crippen molar-refractivity contribution in [2.24, 2.45) is 17.6 Å². The molecular weight excluding hydrogens is 252 g/mol. The zero-order valence-electron chi connectivity index (χ0n) is 12.4. The molecule has 3 unspecified atom stereocenters. The van der Waals surface area contributed by atoms with Crippen molar-refractivity contribution in [2.75, 3.05) is 32.8 Å². The van der Waals surface area contributed by atoms with Crippen LogP contribution in [-0.4, -0.2) is 47.3 Å². The zero-order chi connectivity index (χ0) is 13.9. The number of nitrogens with two attached hydrogens (primary N) is 1. The van der Waals surface area contributed by atoms with Gasteiger partial charge >= 0.3 is 0 Å². The van der Waals surface area contributed by atoms with E-state index in [4.69, 9.17) is 10.5 Å². The van der Waals surface area contributed by atoms with E-state index < -0.39 is 0 Å². The molecule has 2 fully saturated rings. The van der Waals surface area contributed by atoms with E-state index in [1.807, 2.05) is 12.5 Å². The molecule has 2 N–H and O–H groups in total. The normalized spacial score (nSPS) is 29.1. The minimum absolute atomic E-state index is 0.0590. The van der Waals surface area contributed by atoms with Crippen LogP contribution in [-0.2, 0) is 11.3 Å². The van der Waals surface area contributed by atoms with Crippen LogP contribution in [0, 0.1) is 11.8 Å². The summed E-state index contributed by atoms with van der Waals surface area (Å²) in [7, 11) is 0. The lowest BCUT2D eigenvalue weighted by molar-refractivity contribution is 0.180. The lowest BCUT2D eigenvalue weighted by atomic mass is 9.97. The Morgan fingerprint density at radius 3 is 3.10 bits per heavy atom. The number of hydrogen-bond acceptors (Lipinski definition) is 4. The van der Waals surface area contributed by atoms with Crippen molar-refractivity contribution in [1.82, 2.24) is 14.5 Å². The average molecular weight is 278 g/mol. The average Bonchev–Trinajstić information content (AvgIpc) is 3.20. The summed E-state index contributed by atoms with van der Waals surface area (Å²) in [4.78, 5) is 6.84. The van der Waals surface area contributed by atoms with Gasteiger partial charge in [0.25, 0.3) is 0 Å². The van der Waals surface area contributed by atoms with Crippen molar-refractivity contribution < 1.29 is 4.74 Å². The first-order chi connectivity index (χ1) is 9.78. The van der Waals surface area contributed by atoms with Gasteiger partial charge in [-0.1, -0.05) is 6.92 Å². The van der Waals surface area contributed by atoms with Crippen molar-refractivity contribution in [1.29, 1.82) is 0 Å². The molecule has 112 valence electrons. The molecule has 0 radical (unpaired) electrons. The van der Waals surface area contributed by atoms with Gasteiger partial charge in [0, 0.05) is 31.8 Å². The van der Waals surface area contributed by atoms with Crippen molar-refractivity contribution in [3.63, 3.8) is 0 Å². The first-order valence-electron chi connectivity index (χ1n) is 7.83. The number of rotatable bonds is 5. The molecule has 0 aromatic carbocycles. The molecule has 1 aromatic heterocycles. The van der Waals surface area contributed by atoms with Gasteiger partial charge in [0.2, 0.25) is 0 Å². The third kappa shape index (κ3) is 2.90. The van der Waals surface area contributed by atoms with Crippen LogP contribution in [0.5, 0.6) is 0 Å². The maximum absolute atomic E-state index is 6.42. The molecule has 0 aliphatic carbocycles. The van der Waals surface area contributed by atoms with E-state index in [0.717, 1.165) is 38.6 Å². The lowest BCUT2D eigenvalue weighted by Gasteiger charge is -2.21. The number of ether oxygens (including phenoxy) is 1. The predicted molar refractivity (Wildman–Crippen MR) is 78.3 cm³/mol. The smallest absolute Gasteiger partial charge is 0.0948 e. The molecule has 2 saturated heterocycles. The molecule has 0 amide bonds. The number of hydrogen-bond donors (Lipinski definition) is 1.